The zero-order chi connectivity index (χ0) is 17.4. The van der Waals surface area contributed by atoms with Crippen molar-refractivity contribution in [1.82, 2.24) is 4.90 Å². The highest BCUT2D eigenvalue weighted by Crippen LogP contribution is 2.24. The molecule has 1 fully saturated rings. The number of likely N-dealkylation sites (tertiary alicyclic amines) is 1. The number of amides is 2. The molecule has 0 spiro atoms. The summed E-state index contributed by atoms with van der Waals surface area (Å²) < 4.78 is 10.0. The molecule has 0 aliphatic carbocycles. The summed E-state index contributed by atoms with van der Waals surface area (Å²) in [4.78, 5) is 26.5. The van der Waals surface area contributed by atoms with Gasteiger partial charge in [-0.2, -0.15) is 0 Å². The Morgan fingerprint density at radius 2 is 1.96 bits per heavy atom. The Morgan fingerprint density at radius 1 is 1.21 bits per heavy atom. The molecule has 2 rings (SSSR count). The number of hydrogen-bond acceptors (Lipinski definition) is 4. The first-order valence-electron chi connectivity index (χ1n) is 8.07. The van der Waals surface area contributed by atoms with Crippen LogP contribution in [0.4, 0.5) is 5.69 Å². The fourth-order valence-corrected chi connectivity index (χ4v) is 2.74. The van der Waals surface area contributed by atoms with E-state index in [1.54, 1.807) is 25.3 Å². The molecule has 1 aromatic carbocycles. The number of methoxy groups -OCH3 is 1. The summed E-state index contributed by atoms with van der Waals surface area (Å²) in [5.41, 5.74) is 0.866. The van der Waals surface area contributed by atoms with Gasteiger partial charge in [0, 0.05) is 25.2 Å². The minimum atomic E-state index is -0.332. The Kier molecular flexibility index (Phi) is 7.49. The van der Waals surface area contributed by atoms with Gasteiger partial charge in [0.2, 0.25) is 5.91 Å². The number of benzene rings is 1. The normalized spacial score (nSPS) is 14.5. The average molecular weight is 355 g/mol. The Hall–Kier alpha value is -1.63. The van der Waals surface area contributed by atoms with E-state index < -0.39 is 0 Å². The summed E-state index contributed by atoms with van der Waals surface area (Å²) in [6, 6.07) is 4.90. The van der Waals surface area contributed by atoms with E-state index in [1.807, 2.05) is 4.90 Å². The summed E-state index contributed by atoms with van der Waals surface area (Å²) in [6.07, 6.45) is 3.16. The number of hydrogen-bond donors (Lipinski definition) is 1. The predicted molar refractivity (Wildman–Crippen MR) is 92.5 cm³/mol. The van der Waals surface area contributed by atoms with Crippen LogP contribution in [0, 0.1) is 0 Å². The molecule has 0 atom stereocenters. The molecular weight excluding hydrogens is 332 g/mol. The van der Waals surface area contributed by atoms with E-state index in [0.29, 0.717) is 29.5 Å². The van der Waals surface area contributed by atoms with E-state index in [-0.39, 0.29) is 18.4 Å². The topological polar surface area (TPSA) is 67.9 Å². The quantitative estimate of drug-likeness (QED) is 0.764. The van der Waals surface area contributed by atoms with Crippen LogP contribution in [-0.4, -0.2) is 56.7 Å². The molecule has 1 saturated heterocycles. The maximum absolute atomic E-state index is 12.7. The van der Waals surface area contributed by atoms with Gasteiger partial charge < -0.3 is 19.7 Å². The van der Waals surface area contributed by atoms with Crippen molar-refractivity contribution in [2.24, 2.45) is 0 Å². The van der Waals surface area contributed by atoms with Gasteiger partial charge in [-0.15, -0.1) is 0 Å². The maximum Gasteiger partial charge on any atom is 0.255 e. The zero-order valence-electron chi connectivity index (χ0n) is 13.8. The van der Waals surface area contributed by atoms with Crippen LogP contribution in [-0.2, 0) is 14.3 Å². The largest absolute Gasteiger partial charge is 0.382 e. The lowest BCUT2D eigenvalue weighted by Gasteiger charge is -2.27. The number of carbonyl (C=O) groups is 2. The molecule has 1 aliphatic heterocycles. The van der Waals surface area contributed by atoms with E-state index in [1.165, 1.54) is 0 Å². The molecular formula is C17H23ClN2O4. The Balaban J connectivity index is 2.04. The summed E-state index contributed by atoms with van der Waals surface area (Å²) in [6.45, 7) is 2.14. The molecule has 1 aliphatic rings. The van der Waals surface area contributed by atoms with Crippen LogP contribution >= 0.6 is 11.6 Å². The van der Waals surface area contributed by atoms with Crippen LogP contribution in [0.1, 0.15) is 29.6 Å². The van der Waals surface area contributed by atoms with Gasteiger partial charge in [0.05, 0.1) is 24.5 Å². The number of nitrogens with zero attached hydrogens (tertiary/aromatic N) is 1. The van der Waals surface area contributed by atoms with E-state index >= 15 is 0 Å². The van der Waals surface area contributed by atoms with Crippen LogP contribution in [0.2, 0.25) is 5.02 Å². The van der Waals surface area contributed by atoms with E-state index in [4.69, 9.17) is 21.1 Å². The van der Waals surface area contributed by atoms with Gasteiger partial charge >= 0.3 is 0 Å². The average Bonchev–Trinajstić information content (AvgIpc) is 2.59. The first-order valence-corrected chi connectivity index (χ1v) is 8.45. The number of anilines is 1. The first-order chi connectivity index (χ1) is 11.6. The lowest BCUT2D eigenvalue weighted by atomic mass is 10.1. The minimum Gasteiger partial charge on any atom is -0.382 e. The van der Waals surface area contributed by atoms with Gasteiger partial charge in [-0.1, -0.05) is 11.6 Å². The molecule has 2 amide bonds. The molecule has 1 N–H and O–H groups in total. The molecule has 1 heterocycles. The van der Waals surface area contributed by atoms with Crippen LogP contribution in [0.3, 0.4) is 0 Å². The number of halogens is 1. The minimum absolute atomic E-state index is 0.0815. The van der Waals surface area contributed by atoms with Gasteiger partial charge in [-0.05, 0) is 37.5 Å². The molecule has 0 aromatic heterocycles. The SMILES string of the molecule is COCCOCC(=O)Nc1cc(Cl)ccc1C(=O)N1CCCCC1. The third kappa shape index (κ3) is 5.47. The summed E-state index contributed by atoms with van der Waals surface area (Å²) in [5.74, 6) is -0.414. The van der Waals surface area contributed by atoms with E-state index in [0.717, 1.165) is 32.4 Å². The van der Waals surface area contributed by atoms with Crippen LogP contribution < -0.4 is 5.32 Å². The second-order valence-electron chi connectivity index (χ2n) is 5.64. The molecule has 0 unspecified atom stereocenters. The van der Waals surface area contributed by atoms with Crippen molar-refractivity contribution in [3.05, 3.63) is 28.8 Å². The third-order valence-corrected chi connectivity index (χ3v) is 4.03. The highest BCUT2D eigenvalue weighted by molar-refractivity contribution is 6.31. The van der Waals surface area contributed by atoms with Crippen LogP contribution in [0.15, 0.2) is 18.2 Å². The van der Waals surface area contributed by atoms with E-state index in [2.05, 4.69) is 5.32 Å². The van der Waals surface area contributed by atoms with Gasteiger partial charge in [-0.25, -0.2) is 0 Å². The molecule has 6 nitrogen and oxygen atoms in total. The van der Waals surface area contributed by atoms with Crippen molar-refractivity contribution < 1.29 is 19.1 Å². The van der Waals surface area contributed by atoms with Crippen LogP contribution in [0.5, 0.6) is 0 Å². The molecule has 0 bridgehead atoms. The van der Waals surface area contributed by atoms with Gasteiger partial charge in [0.15, 0.2) is 0 Å². The smallest absolute Gasteiger partial charge is 0.255 e. The summed E-state index contributed by atoms with van der Waals surface area (Å²) in [7, 11) is 1.56. The van der Waals surface area contributed by atoms with Gasteiger partial charge in [0.25, 0.3) is 5.91 Å². The van der Waals surface area contributed by atoms with Crippen LogP contribution in [0.25, 0.3) is 0 Å². The molecule has 7 heteroatoms. The number of rotatable bonds is 7. The van der Waals surface area contributed by atoms with Crippen molar-refractivity contribution in [3.8, 4) is 0 Å². The Bertz CT molecular complexity index is 574. The molecule has 1 aromatic rings. The Labute approximate surface area is 147 Å². The first kappa shape index (κ1) is 18.7. The summed E-state index contributed by atoms with van der Waals surface area (Å²) in [5, 5.41) is 3.17. The molecule has 24 heavy (non-hydrogen) atoms. The number of ether oxygens (including phenoxy) is 2. The van der Waals surface area contributed by atoms with Crippen molar-refractivity contribution >= 4 is 29.1 Å². The standard InChI is InChI=1S/C17H23ClN2O4/c1-23-9-10-24-12-16(21)19-15-11-13(18)5-6-14(15)17(22)20-7-3-2-4-8-20/h5-6,11H,2-4,7-10,12H2,1H3,(H,19,21). The van der Waals surface area contributed by atoms with Crippen molar-refractivity contribution in [2.45, 2.75) is 19.3 Å². The molecule has 0 saturated carbocycles. The number of nitrogens with one attached hydrogen (secondary N) is 1. The second-order valence-corrected chi connectivity index (χ2v) is 6.07. The maximum atomic E-state index is 12.7. The van der Waals surface area contributed by atoms with Crippen molar-refractivity contribution in [1.29, 1.82) is 0 Å². The number of piperidine rings is 1. The lowest BCUT2D eigenvalue weighted by Crippen LogP contribution is -2.36. The van der Waals surface area contributed by atoms with Gasteiger partial charge in [-0.3, -0.25) is 9.59 Å². The molecule has 0 radical (unpaired) electrons. The fourth-order valence-electron chi connectivity index (χ4n) is 2.57. The summed E-state index contributed by atoms with van der Waals surface area (Å²) >= 11 is 6.01. The van der Waals surface area contributed by atoms with Crippen molar-refractivity contribution in [3.63, 3.8) is 0 Å². The highest BCUT2D eigenvalue weighted by Gasteiger charge is 2.21. The highest BCUT2D eigenvalue weighted by atomic mass is 35.5. The van der Waals surface area contributed by atoms with Gasteiger partial charge in [0.1, 0.15) is 6.61 Å². The van der Waals surface area contributed by atoms with Crippen molar-refractivity contribution in [2.75, 3.05) is 45.3 Å². The zero-order valence-corrected chi connectivity index (χ0v) is 14.6. The fraction of sp³-hybridized carbons (Fsp3) is 0.529. The molecule has 132 valence electrons. The lowest BCUT2D eigenvalue weighted by molar-refractivity contribution is -0.121. The van der Waals surface area contributed by atoms with E-state index in [9.17, 15) is 9.59 Å². The number of carbonyl (C=O) groups excluding carboxylic acids is 2. The second kappa shape index (κ2) is 9.61. The Morgan fingerprint density at radius 3 is 2.67 bits per heavy atom. The third-order valence-electron chi connectivity index (χ3n) is 3.79. The predicted octanol–water partition coefficient (Wildman–Crippen LogP) is 2.57. The monoisotopic (exact) mass is 354 g/mol.